The van der Waals surface area contributed by atoms with Crippen molar-refractivity contribution in [1.82, 2.24) is 0 Å². The van der Waals surface area contributed by atoms with E-state index in [1.54, 1.807) is 0 Å². The van der Waals surface area contributed by atoms with Gasteiger partial charge in [-0.05, 0) is 54.8 Å². The fourth-order valence-electron chi connectivity index (χ4n) is 1.90. The average molecular weight is 289 g/mol. The first-order valence-corrected chi connectivity index (χ1v) is 6.70. The molecule has 3 nitrogen and oxygen atoms in total. The number of hydrazone groups is 1. The lowest BCUT2D eigenvalue weighted by Crippen LogP contribution is -2.02. The largest absolute Gasteiger partial charge is 0.489 e. The predicted molar refractivity (Wildman–Crippen MR) is 83.4 cm³/mol. The third-order valence-electron chi connectivity index (χ3n) is 3.07. The van der Waals surface area contributed by atoms with Crippen molar-refractivity contribution in [3.05, 3.63) is 64.2 Å². The number of ether oxygens (including phenoxy) is 1. The van der Waals surface area contributed by atoms with Gasteiger partial charge in [0.05, 0.1) is 5.71 Å². The molecule has 0 heterocycles. The summed E-state index contributed by atoms with van der Waals surface area (Å²) < 4.78 is 5.82. The molecule has 4 heteroatoms. The van der Waals surface area contributed by atoms with Crippen molar-refractivity contribution in [1.29, 1.82) is 0 Å². The number of nitrogens with two attached hydrogens (primary N) is 1. The standard InChI is InChI=1S/C16H17ClN2O/c1-11-8-15(17)6-7-16(11)20-10-13-4-3-5-14(9-13)12(2)19-18/h3-9H,10,18H2,1-2H3/b19-12+. The number of halogens is 1. The van der Waals surface area contributed by atoms with Gasteiger partial charge in [-0.15, -0.1) is 0 Å². The van der Waals surface area contributed by atoms with E-state index < -0.39 is 0 Å². The van der Waals surface area contributed by atoms with Gasteiger partial charge in [0.25, 0.3) is 0 Å². The van der Waals surface area contributed by atoms with Gasteiger partial charge in [-0.3, -0.25) is 0 Å². The topological polar surface area (TPSA) is 47.6 Å². The summed E-state index contributed by atoms with van der Waals surface area (Å²) in [5.74, 6) is 6.13. The van der Waals surface area contributed by atoms with Crippen molar-refractivity contribution in [2.75, 3.05) is 0 Å². The molecule has 2 rings (SSSR count). The summed E-state index contributed by atoms with van der Waals surface area (Å²) in [6.07, 6.45) is 0. The number of nitrogens with zero attached hydrogens (tertiary/aromatic N) is 1. The third-order valence-corrected chi connectivity index (χ3v) is 3.30. The highest BCUT2D eigenvalue weighted by Crippen LogP contribution is 2.22. The lowest BCUT2D eigenvalue weighted by molar-refractivity contribution is 0.304. The van der Waals surface area contributed by atoms with E-state index in [1.807, 2.05) is 56.3 Å². The highest BCUT2D eigenvalue weighted by atomic mass is 35.5. The highest BCUT2D eigenvalue weighted by molar-refractivity contribution is 6.30. The Balaban J connectivity index is 2.11. The molecule has 0 aliphatic heterocycles. The summed E-state index contributed by atoms with van der Waals surface area (Å²) in [6, 6.07) is 13.6. The second-order valence-electron chi connectivity index (χ2n) is 4.61. The second-order valence-corrected chi connectivity index (χ2v) is 5.05. The van der Waals surface area contributed by atoms with Crippen LogP contribution >= 0.6 is 11.6 Å². The van der Waals surface area contributed by atoms with Crippen LogP contribution in [0.2, 0.25) is 5.02 Å². The first-order valence-electron chi connectivity index (χ1n) is 6.33. The lowest BCUT2D eigenvalue weighted by Gasteiger charge is -2.10. The Bertz CT molecular complexity index is 638. The molecule has 104 valence electrons. The Kier molecular flexibility index (Phi) is 4.64. The van der Waals surface area contributed by atoms with Gasteiger partial charge in [-0.25, -0.2) is 0 Å². The van der Waals surface area contributed by atoms with Crippen LogP contribution in [0.4, 0.5) is 0 Å². The summed E-state index contributed by atoms with van der Waals surface area (Å²) in [5, 5.41) is 4.42. The van der Waals surface area contributed by atoms with Crippen molar-refractivity contribution in [2.45, 2.75) is 20.5 Å². The van der Waals surface area contributed by atoms with E-state index >= 15 is 0 Å². The second kappa shape index (κ2) is 6.44. The fourth-order valence-corrected chi connectivity index (χ4v) is 2.12. The van der Waals surface area contributed by atoms with Crippen molar-refractivity contribution in [3.63, 3.8) is 0 Å². The van der Waals surface area contributed by atoms with Crippen LogP contribution in [-0.2, 0) is 6.61 Å². The molecule has 20 heavy (non-hydrogen) atoms. The summed E-state index contributed by atoms with van der Waals surface area (Å²) in [6.45, 7) is 4.35. The molecule has 2 aromatic carbocycles. The minimum atomic E-state index is 0.494. The maximum atomic E-state index is 5.93. The van der Waals surface area contributed by atoms with Crippen LogP contribution in [0.5, 0.6) is 5.75 Å². The molecule has 0 saturated carbocycles. The number of hydrogen-bond donors (Lipinski definition) is 1. The Hall–Kier alpha value is -2.00. The molecule has 2 aromatic rings. The van der Waals surface area contributed by atoms with Crippen molar-refractivity contribution < 1.29 is 4.74 Å². The zero-order valence-electron chi connectivity index (χ0n) is 11.6. The summed E-state index contributed by atoms with van der Waals surface area (Å²) in [5.41, 5.74) is 3.89. The smallest absolute Gasteiger partial charge is 0.122 e. The molecule has 0 spiro atoms. The van der Waals surface area contributed by atoms with Crippen molar-refractivity contribution in [3.8, 4) is 5.75 Å². The van der Waals surface area contributed by atoms with Crippen molar-refractivity contribution >= 4 is 17.3 Å². The fraction of sp³-hybridized carbons (Fsp3) is 0.188. The molecular weight excluding hydrogens is 272 g/mol. The van der Waals surface area contributed by atoms with Gasteiger partial charge in [0, 0.05) is 5.02 Å². The zero-order valence-corrected chi connectivity index (χ0v) is 12.3. The SMILES string of the molecule is C/C(=N\N)c1cccc(COc2ccc(Cl)cc2C)c1. The van der Waals surface area contributed by atoms with Crippen LogP contribution in [0.25, 0.3) is 0 Å². The van der Waals surface area contributed by atoms with Gasteiger partial charge in [-0.1, -0.05) is 29.8 Å². The van der Waals surface area contributed by atoms with Crippen LogP contribution in [0.3, 0.4) is 0 Å². The van der Waals surface area contributed by atoms with Gasteiger partial charge in [0.2, 0.25) is 0 Å². The molecule has 0 bridgehead atoms. The molecular formula is C16H17ClN2O. The van der Waals surface area contributed by atoms with Crippen LogP contribution in [0, 0.1) is 6.92 Å². The predicted octanol–water partition coefficient (Wildman–Crippen LogP) is 3.91. The number of hydrogen-bond acceptors (Lipinski definition) is 3. The molecule has 0 aliphatic rings. The monoisotopic (exact) mass is 288 g/mol. The minimum Gasteiger partial charge on any atom is -0.489 e. The maximum Gasteiger partial charge on any atom is 0.122 e. The van der Waals surface area contributed by atoms with E-state index in [1.165, 1.54) is 0 Å². The maximum absolute atomic E-state index is 5.93. The molecule has 0 atom stereocenters. The number of benzene rings is 2. The molecule has 0 unspecified atom stereocenters. The average Bonchev–Trinajstić information content (AvgIpc) is 2.46. The molecule has 0 fully saturated rings. The summed E-state index contributed by atoms with van der Waals surface area (Å²) in [4.78, 5) is 0. The zero-order chi connectivity index (χ0) is 14.5. The van der Waals surface area contributed by atoms with E-state index in [0.717, 1.165) is 28.2 Å². The molecule has 2 N–H and O–H groups in total. The molecule has 0 radical (unpaired) electrons. The Labute approximate surface area is 124 Å². The van der Waals surface area contributed by atoms with Crippen LogP contribution in [-0.4, -0.2) is 5.71 Å². The van der Waals surface area contributed by atoms with E-state index in [9.17, 15) is 0 Å². The van der Waals surface area contributed by atoms with Crippen molar-refractivity contribution in [2.24, 2.45) is 10.9 Å². The van der Waals surface area contributed by atoms with E-state index in [2.05, 4.69) is 5.10 Å². The molecule has 0 aliphatic carbocycles. The Morgan fingerprint density at radius 2 is 2.05 bits per heavy atom. The van der Waals surface area contributed by atoms with Gasteiger partial charge in [-0.2, -0.15) is 5.10 Å². The van der Waals surface area contributed by atoms with E-state index in [4.69, 9.17) is 22.2 Å². The Morgan fingerprint density at radius 3 is 2.75 bits per heavy atom. The van der Waals surface area contributed by atoms with E-state index in [0.29, 0.717) is 11.6 Å². The van der Waals surface area contributed by atoms with E-state index in [-0.39, 0.29) is 0 Å². The van der Waals surface area contributed by atoms with Gasteiger partial charge in [0.1, 0.15) is 12.4 Å². The lowest BCUT2D eigenvalue weighted by atomic mass is 10.1. The molecule has 0 saturated heterocycles. The van der Waals surface area contributed by atoms with Crippen LogP contribution in [0.15, 0.2) is 47.6 Å². The van der Waals surface area contributed by atoms with Gasteiger partial charge >= 0.3 is 0 Å². The van der Waals surface area contributed by atoms with Gasteiger partial charge in [0.15, 0.2) is 0 Å². The Morgan fingerprint density at radius 1 is 1.25 bits per heavy atom. The highest BCUT2D eigenvalue weighted by Gasteiger charge is 2.03. The minimum absolute atomic E-state index is 0.494. The first kappa shape index (κ1) is 14.4. The number of rotatable bonds is 4. The molecule has 0 amide bonds. The first-order chi connectivity index (χ1) is 9.60. The normalized spacial score (nSPS) is 11.4. The molecule has 0 aromatic heterocycles. The number of aryl methyl sites for hydroxylation is 1. The quantitative estimate of drug-likeness (QED) is 0.527. The third kappa shape index (κ3) is 3.52. The van der Waals surface area contributed by atoms with Crippen LogP contribution < -0.4 is 10.6 Å². The van der Waals surface area contributed by atoms with Crippen LogP contribution in [0.1, 0.15) is 23.6 Å². The summed E-state index contributed by atoms with van der Waals surface area (Å²) >= 11 is 5.93. The summed E-state index contributed by atoms with van der Waals surface area (Å²) in [7, 11) is 0. The van der Waals surface area contributed by atoms with Gasteiger partial charge < -0.3 is 10.6 Å².